The first-order valence-electron chi connectivity index (χ1n) is 8.11. The van der Waals surface area contributed by atoms with E-state index < -0.39 is 0 Å². The Hall–Kier alpha value is -2.21. The number of nitrogens with one attached hydrogen (secondary N) is 1. The molecule has 0 saturated carbocycles. The van der Waals surface area contributed by atoms with Crippen LogP contribution in [0.3, 0.4) is 0 Å². The molecule has 6 heteroatoms. The number of nitrogens with zero attached hydrogens (tertiary/aromatic N) is 2. The first-order chi connectivity index (χ1) is 11.5. The molecular weight excluding hydrogens is 322 g/mol. The molecule has 2 aromatic rings. The molecular formula is C18H21N3O2S. The van der Waals surface area contributed by atoms with Crippen LogP contribution in [0.5, 0.6) is 0 Å². The molecule has 2 amide bonds. The quantitative estimate of drug-likeness (QED) is 0.932. The smallest absolute Gasteiger partial charge is 0.263 e. The molecule has 2 aromatic heterocycles. The average Bonchev–Trinajstić information content (AvgIpc) is 3.11. The fourth-order valence-electron chi connectivity index (χ4n) is 2.87. The van der Waals surface area contributed by atoms with Crippen LogP contribution in [0.2, 0.25) is 0 Å². The molecule has 1 saturated heterocycles. The lowest BCUT2D eigenvalue weighted by Crippen LogP contribution is -2.49. The van der Waals surface area contributed by atoms with Crippen molar-refractivity contribution in [2.24, 2.45) is 0 Å². The number of carbonyl (C=O) groups is 2. The third kappa shape index (κ3) is 3.64. The first kappa shape index (κ1) is 16.6. The number of amides is 2. The van der Waals surface area contributed by atoms with Gasteiger partial charge in [0.1, 0.15) is 0 Å². The van der Waals surface area contributed by atoms with Gasteiger partial charge in [-0.05, 0) is 49.8 Å². The Kier molecular flexibility index (Phi) is 4.94. The average molecular weight is 343 g/mol. The standard InChI is InChI=1S/C18H21N3O2S/c1-12-9-14(10-19-13(12)2)17(22)20-15-5-3-7-21(11-15)18(23)16-6-4-8-24-16/h4,6,8-10,15H,3,5,7,11H2,1-2H3,(H,20,22)/t15-/m0/s1. The van der Waals surface area contributed by atoms with E-state index in [2.05, 4.69) is 10.3 Å². The second-order valence-corrected chi connectivity index (χ2v) is 7.12. The molecule has 1 aliphatic heterocycles. The summed E-state index contributed by atoms with van der Waals surface area (Å²) in [4.78, 5) is 31.7. The largest absolute Gasteiger partial charge is 0.347 e. The van der Waals surface area contributed by atoms with Crippen molar-refractivity contribution in [1.82, 2.24) is 15.2 Å². The maximum Gasteiger partial charge on any atom is 0.263 e. The Morgan fingerprint density at radius 3 is 2.92 bits per heavy atom. The van der Waals surface area contributed by atoms with Crippen LogP contribution in [-0.4, -0.2) is 40.8 Å². The summed E-state index contributed by atoms with van der Waals surface area (Å²) in [5, 5.41) is 4.95. The Morgan fingerprint density at radius 1 is 1.38 bits per heavy atom. The third-order valence-corrected chi connectivity index (χ3v) is 5.24. The molecule has 1 aliphatic rings. The lowest BCUT2D eigenvalue weighted by Gasteiger charge is -2.33. The van der Waals surface area contributed by atoms with E-state index >= 15 is 0 Å². The van der Waals surface area contributed by atoms with Gasteiger partial charge in [0, 0.05) is 31.0 Å². The van der Waals surface area contributed by atoms with E-state index in [1.807, 2.05) is 42.3 Å². The van der Waals surface area contributed by atoms with Crippen LogP contribution >= 0.6 is 11.3 Å². The van der Waals surface area contributed by atoms with Gasteiger partial charge < -0.3 is 10.2 Å². The Bertz CT molecular complexity index is 743. The van der Waals surface area contributed by atoms with Crippen LogP contribution in [0.15, 0.2) is 29.8 Å². The van der Waals surface area contributed by atoms with Crippen LogP contribution < -0.4 is 5.32 Å². The molecule has 5 nitrogen and oxygen atoms in total. The van der Waals surface area contributed by atoms with Gasteiger partial charge in [-0.3, -0.25) is 14.6 Å². The van der Waals surface area contributed by atoms with Crippen molar-refractivity contribution < 1.29 is 9.59 Å². The van der Waals surface area contributed by atoms with E-state index in [9.17, 15) is 9.59 Å². The number of hydrogen-bond acceptors (Lipinski definition) is 4. The van der Waals surface area contributed by atoms with Crippen molar-refractivity contribution in [2.45, 2.75) is 32.7 Å². The number of carbonyl (C=O) groups excluding carboxylic acids is 2. The van der Waals surface area contributed by atoms with E-state index in [1.165, 1.54) is 11.3 Å². The van der Waals surface area contributed by atoms with Gasteiger partial charge >= 0.3 is 0 Å². The van der Waals surface area contributed by atoms with Crippen molar-refractivity contribution in [2.75, 3.05) is 13.1 Å². The Balaban J connectivity index is 1.63. The molecule has 0 unspecified atom stereocenters. The monoisotopic (exact) mass is 343 g/mol. The number of piperidine rings is 1. The van der Waals surface area contributed by atoms with E-state index in [0.717, 1.165) is 35.5 Å². The van der Waals surface area contributed by atoms with E-state index in [-0.39, 0.29) is 17.9 Å². The van der Waals surface area contributed by atoms with Gasteiger partial charge in [0.25, 0.3) is 11.8 Å². The SMILES string of the molecule is Cc1cc(C(=O)N[C@H]2CCCN(C(=O)c3cccs3)C2)cnc1C. The molecule has 0 aliphatic carbocycles. The zero-order chi connectivity index (χ0) is 17.1. The predicted octanol–water partition coefficient (Wildman–Crippen LogP) is 2.79. The van der Waals surface area contributed by atoms with E-state index in [1.54, 1.807) is 6.20 Å². The highest BCUT2D eigenvalue weighted by Gasteiger charge is 2.26. The summed E-state index contributed by atoms with van der Waals surface area (Å²) < 4.78 is 0. The molecule has 1 fully saturated rings. The summed E-state index contributed by atoms with van der Waals surface area (Å²) in [6.45, 7) is 5.17. The fourth-order valence-corrected chi connectivity index (χ4v) is 3.56. The van der Waals surface area contributed by atoms with Crippen molar-refractivity contribution in [3.05, 3.63) is 51.5 Å². The van der Waals surface area contributed by atoms with Gasteiger partial charge in [-0.25, -0.2) is 0 Å². The van der Waals surface area contributed by atoms with Crippen molar-refractivity contribution in [3.63, 3.8) is 0 Å². The fraction of sp³-hybridized carbons (Fsp3) is 0.389. The first-order valence-corrected chi connectivity index (χ1v) is 8.99. The predicted molar refractivity (Wildman–Crippen MR) is 94.4 cm³/mol. The molecule has 3 rings (SSSR count). The number of likely N-dealkylation sites (tertiary alicyclic amines) is 1. The van der Waals surface area contributed by atoms with Crippen molar-refractivity contribution >= 4 is 23.2 Å². The van der Waals surface area contributed by atoms with Gasteiger partial charge in [-0.2, -0.15) is 0 Å². The number of thiophene rings is 1. The molecule has 0 aromatic carbocycles. The van der Waals surface area contributed by atoms with Crippen LogP contribution in [0.25, 0.3) is 0 Å². The van der Waals surface area contributed by atoms with Crippen LogP contribution in [0.1, 0.15) is 44.1 Å². The summed E-state index contributed by atoms with van der Waals surface area (Å²) in [6.07, 6.45) is 3.39. The summed E-state index contributed by atoms with van der Waals surface area (Å²) in [6, 6.07) is 5.57. The maximum absolute atomic E-state index is 12.5. The lowest BCUT2D eigenvalue weighted by molar-refractivity contribution is 0.0680. The van der Waals surface area contributed by atoms with Gasteiger partial charge in [-0.1, -0.05) is 6.07 Å². The van der Waals surface area contributed by atoms with Gasteiger partial charge in [0.15, 0.2) is 0 Å². The highest BCUT2D eigenvalue weighted by atomic mass is 32.1. The van der Waals surface area contributed by atoms with E-state index in [4.69, 9.17) is 0 Å². The van der Waals surface area contributed by atoms with Crippen molar-refractivity contribution in [3.8, 4) is 0 Å². The van der Waals surface area contributed by atoms with Crippen molar-refractivity contribution in [1.29, 1.82) is 0 Å². The molecule has 1 atom stereocenters. The number of aryl methyl sites for hydroxylation is 2. The van der Waals surface area contributed by atoms with E-state index in [0.29, 0.717) is 12.1 Å². The normalized spacial score (nSPS) is 17.6. The summed E-state index contributed by atoms with van der Waals surface area (Å²) in [5.74, 6) is -0.0715. The van der Waals surface area contributed by atoms with Crippen LogP contribution in [0.4, 0.5) is 0 Å². The molecule has 1 N–H and O–H groups in total. The minimum atomic E-state index is -0.124. The number of rotatable bonds is 3. The molecule has 0 spiro atoms. The second kappa shape index (κ2) is 7.13. The highest BCUT2D eigenvalue weighted by Crippen LogP contribution is 2.17. The topological polar surface area (TPSA) is 62.3 Å². The third-order valence-electron chi connectivity index (χ3n) is 4.38. The van der Waals surface area contributed by atoms with Crippen LogP contribution in [0, 0.1) is 13.8 Å². The number of aromatic nitrogens is 1. The minimum Gasteiger partial charge on any atom is -0.347 e. The summed E-state index contributed by atoms with van der Waals surface area (Å²) >= 11 is 1.45. The minimum absolute atomic E-state index is 0.0169. The summed E-state index contributed by atoms with van der Waals surface area (Å²) in [7, 11) is 0. The highest BCUT2D eigenvalue weighted by molar-refractivity contribution is 7.12. The van der Waals surface area contributed by atoms with Gasteiger partial charge in [-0.15, -0.1) is 11.3 Å². The maximum atomic E-state index is 12.5. The summed E-state index contributed by atoms with van der Waals surface area (Å²) in [5.41, 5.74) is 2.50. The Labute approximate surface area is 145 Å². The molecule has 3 heterocycles. The molecule has 0 bridgehead atoms. The second-order valence-electron chi connectivity index (χ2n) is 6.17. The van der Waals surface area contributed by atoms with Crippen LogP contribution in [-0.2, 0) is 0 Å². The van der Waals surface area contributed by atoms with Gasteiger partial charge in [0.2, 0.25) is 0 Å². The lowest BCUT2D eigenvalue weighted by atomic mass is 10.0. The number of pyridine rings is 1. The number of hydrogen-bond donors (Lipinski definition) is 1. The van der Waals surface area contributed by atoms with Gasteiger partial charge in [0.05, 0.1) is 10.4 Å². The zero-order valence-electron chi connectivity index (χ0n) is 13.9. The zero-order valence-corrected chi connectivity index (χ0v) is 14.7. The molecule has 0 radical (unpaired) electrons. The molecule has 126 valence electrons. The molecule has 24 heavy (non-hydrogen) atoms. The Morgan fingerprint density at radius 2 is 2.21 bits per heavy atom.